The van der Waals surface area contributed by atoms with E-state index in [4.69, 9.17) is 10.7 Å². The minimum absolute atomic E-state index is 0.000839. The normalized spacial score (nSPS) is 11.7. The zero-order valence-corrected chi connectivity index (χ0v) is 13.9. The first-order chi connectivity index (χ1) is 9.68. The highest BCUT2D eigenvalue weighted by atomic mass is 79.9. The molecule has 21 heavy (non-hydrogen) atoms. The molecule has 9 heteroatoms. The van der Waals surface area contributed by atoms with E-state index in [1.807, 2.05) is 0 Å². The number of halogens is 4. The van der Waals surface area contributed by atoms with Crippen LogP contribution in [0, 0.1) is 11.6 Å². The van der Waals surface area contributed by atoms with Crippen molar-refractivity contribution >= 4 is 41.4 Å². The number of nitrogens with zero attached hydrogens (tertiary/aromatic N) is 1. The number of nitrogens with one attached hydrogen (secondary N) is 1. The second-order valence-corrected chi connectivity index (χ2v) is 7.74. The number of benzene rings is 1. The molecule has 0 saturated carbocycles. The highest BCUT2D eigenvalue weighted by Crippen LogP contribution is 2.24. The number of rotatable bonds is 4. The lowest BCUT2D eigenvalue weighted by molar-refractivity contribution is 0.504. The molecule has 1 N–H and O–H groups in total. The molecule has 1 aromatic heterocycles. The van der Waals surface area contributed by atoms with Crippen molar-refractivity contribution in [2.45, 2.75) is 11.4 Å². The molecular weight excluding hydrogens is 390 g/mol. The van der Waals surface area contributed by atoms with Gasteiger partial charge in [-0.25, -0.2) is 17.2 Å². The lowest BCUT2D eigenvalue weighted by Crippen LogP contribution is -2.04. The molecule has 0 spiro atoms. The Hall–Kier alpha value is -1.12. The molecule has 0 radical (unpaired) electrons. The standard InChI is InChI=1S/C12H10BrClF2N2O2S/c1-18-6-9(21(14,19)20)4-8(18)5-17-7-2-10(13)12(16)11(15)3-7/h2-4,6,17H,5H2,1H3. The second kappa shape index (κ2) is 5.94. The molecule has 2 rings (SSSR count). The van der Waals surface area contributed by atoms with Gasteiger partial charge in [0.15, 0.2) is 11.6 Å². The molecule has 0 aliphatic rings. The Morgan fingerprint density at radius 3 is 2.52 bits per heavy atom. The van der Waals surface area contributed by atoms with E-state index in [0.717, 1.165) is 6.07 Å². The van der Waals surface area contributed by atoms with Gasteiger partial charge >= 0.3 is 0 Å². The molecule has 0 unspecified atom stereocenters. The first-order valence-electron chi connectivity index (χ1n) is 5.67. The Morgan fingerprint density at radius 1 is 1.33 bits per heavy atom. The minimum Gasteiger partial charge on any atom is -0.379 e. The first-order valence-corrected chi connectivity index (χ1v) is 8.77. The van der Waals surface area contributed by atoms with Crippen LogP contribution in [-0.2, 0) is 22.6 Å². The summed E-state index contributed by atoms with van der Waals surface area (Å²) in [5.74, 6) is -1.95. The Bertz CT molecular complexity index is 770. The van der Waals surface area contributed by atoms with E-state index in [9.17, 15) is 17.2 Å². The van der Waals surface area contributed by atoms with Crippen LogP contribution in [-0.4, -0.2) is 13.0 Å². The molecule has 2 aromatic rings. The SMILES string of the molecule is Cn1cc(S(=O)(=O)Cl)cc1CNc1cc(F)c(F)c(Br)c1. The molecule has 0 amide bonds. The Morgan fingerprint density at radius 2 is 2.00 bits per heavy atom. The molecule has 4 nitrogen and oxygen atoms in total. The van der Waals surface area contributed by atoms with Crippen LogP contribution in [0.2, 0.25) is 0 Å². The zero-order chi connectivity index (χ0) is 15.8. The predicted molar refractivity (Wildman–Crippen MR) is 79.8 cm³/mol. The third kappa shape index (κ3) is 3.75. The van der Waals surface area contributed by atoms with Crippen molar-refractivity contribution in [3.8, 4) is 0 Å². The molecule has 1 aromatic carbocycles. The van der Waals surface area contributed by atoms with Crippen molar-refractivity contribution in [2.24, 2.45) is 7.05 Å². The van der Waals surface area contributed by atoms with Gasteiger partial charge in [-0.05, 0) is 28.1 Å². The van der Waals surface area contributed by atoms with Gasteiger partial charge in [0.25, 0.3) is 9.05 Å². The van der Waals surface area contributed by atoms with Gasteiger partial charge in [-0.15, -0.1) is 0 Å². The Labute approximate surface area is 133 Å². The van der Waals surface area contributed by atoms with Gasteiger partial charge in [0.2, 0.25) is 0 Å². The van der Waals surface area contributed by atoms with E-state index >= 15 is 0 Å². The fraction of sp³-hybridized carbons (Fsp3) is 0.167. The maximum atomic E-state index is 13.3. The third-order valence-electron chi connectivity index (χ3n) is 2.82. The molecule has 1 heterocycles. The summed E-state index contributed by atoms with van der Waals surface area (Å²) in [5.41, 5.74) is 0.979. The van der Waals surface area contributed by atoms with Crippen molar-refractivity contribution in [2.75, 3.05) is 5.32 Å². The molecular formula is C12H10BrClF2N2O2S. The predicted octanol–water partition coefficient (Wildman–Crippen LogP) is 3.61. The van der Waals surface area contributed by atoms with Crippen LogP contribution in [0.25, 0.3) is 0 Å². The fourth-order valence-corrected chi connectivity index (χ4v) is 2.99. The summed E-state index contributed by atoms with van der Waals surface area (Å²) in [4.78, 5) is -0.0186. The molecule has 0 atom stereocenters. The smallest absolute Gasteiger partial charge is 0.262 e. The molecule has 114 valence electrons. The Balaban J connectivity index is 2.19. The minimum atomic E-state index is -3.80. The summed E-state index contributed by atoms with van der Waals surface area (Å²) < 4.78 is 50.4. The van der Waals surface area contributed by atoms with E-state index < -0.39 is 20.7 Å². The van der Waals surface area contributed by atoms with E-state index in [-0.39, 0.29) is 15.9 Å². The lowest BCUT2D eigenvalue weighted by Gasteiger charge is -2.08. The summed E-state index contributed by atoms with van der Waals surface area (Å²) in [7, 11) is 3.12. The van der Waals surface area contributed by atoms with E-state index in [0.29, 0.717) is 11.4 Å². The van der Waals surface area contributed by atoms with E-state index in [1.54, 1.807) is 11.6 Å². The summed E-state index contributed by atoms with van der Waals surface area (Å²) in [6.07, 6.45) is 1.38. The average Bonchev–Trinajstić information content (AvgIpc) is 2.74. The highest BCUT2D eigenvalue weighted by molar-refractivity contribution is 9.10. The highest BCUT2D eigenvalue weighted by Gasteiger charge is 2.14. The maximum absolute atomic E-state index is 13.3. The van der Waals surface area contributed by atoms with Crippen LogP contribution in [0.3, 0.4) is 0 Å². The number of aromatic nitrogens is 1. The van der Waals surface area contributed by atoms with Crippen LogP contribution < -0.4 is 5.32 Å². The number of aryl methyl sites for hydroxylation is 1. The number of hydrogen-bond acceptors (Lipinski definition) is 3. The van der Waals surface area contributed by atoms with Gasteiger partial charge < -0.3 is 9.88 Å². The summed E-state index contributed by atoms with van der Waals surface area (Å²) in [6, 6.07) is 3.81. The monoisotopic (exact) mass is 398 g/mol. The van der Waals surface area contributed by atoms with Crippen LogP contribution in [0.15, 0.2) is 33.8 Å². The fourth-order valence-electron chi connectivity index (χ4n) is 1.74. The van der Waals surface area contributed by atoms with Gasteiger partial charge in [0.05, 0.1) is 11.0 Å². The molecule has 0 bridgehead atoms. The molecule has 0 aliphatic heterocycles. The largest absolute Gasteiger partial charge is 0.379 e. The summed E-state index contributed by atoms with van der Waals surface area (Å²) >= 11 is 2.91. The van der Waals surface area contributed by atoms with Gasteiger partial charge in [-0.3, -0.25) is 0 Å². The van der Waals surface area contributed by atoms with Crippen molar-refractivity contribution in [3.05, 3.63) is 46.2 Å². The summed E-state index contributed by atoms with van der Waals surface area (Å²) in [6.45, 7) is 0.223. The average molecular weight is 400 g/mol. The molecule has 0 saturated heterocycles. The lowest BCUT2D eigenvalue weighted by atomic mass is 10.3. The number of anilines is 1. The van der Waals surface area contributed by atoms with Crippen molar-refractivity contribution in [1.82, 2.24) is 4.57 Å². The summed E-state index contributed by atoms with van der Waals surface area (Å²) in [5, 5.41) is 2.88. The van der Waals surface area contributed by atoms with Gasteiger partial charge in [0.1, 0.15) is 4.90 Å². The van der Waals surface area contributed by atoms with Crippen molar-refractivity contribution in [1.29, 1.82) is 0 Å². The first kappa shape index (κ1) is 16.3. The van der Waals surface area contributed by atoms with E-state index in [1.165, 1.54) is 18.3 Å². The topological polar surface area (TPSA) is 51.1 Å². The Kier molecular flexibility index (Phi) is 4.60. The van der Waals surface area contributed by atoms with Gasteiger partial charge in [-0.1, -0.05) is 0 Å². The van der Waals surface area contributed by atoms with E-state index in [2.05, 4.69) is 21.2 Å². The molecule has 0 fully saturated rings. The van der Waals surface area contributed by atoms with Crippen molar-refractivity contribution in [3.63, 3.8) is 0 Å². The van der Waals surface area contributed by atoms with Crippen LogP contribution in [0.4, 0.5) is 14.5 Å². The quantitative estimate of drug-likeness (QED) is 0.631. The second-order valence-electron chi connectivity index (χ2n) is 4.32. The molecule has 0 aliphatic carbocycles. The van der Waals surface area contributed by atoms with Gasteiger partial charge in [-0.2, -0.15) is 0 Å². The van der Waals surface area contributed by atoms with Crippen LogP contribution in [0.5, 0.6) is 0 Å². The third-order valence-corrected chi connectivity index (χ3v) is 4.72. The maximum Gasteiger partial charge on any atom is 0.262 e. The number of hydrogen-bond donors (Lipinski definition) is 1. The van der Waals surface area contributed by atoms with Crippen LogP contribution in [0.1, 0.15) is 5.69 Å². The zero-order valence-electron chi connectivity index (χ0n) is 10.7. The van der Waals surface area contributed by atoms with Gasteiger partial charge in [0, 0.05) is 41.4 Å². The van der Waals surface area contributed by atoms with Crippen molar-refractivity contribution < 1.29 is 17.2 Å². The van der Waals surface area contributed by atoms with Crippen LogP contribution >= 0.6 is 26.6 Å².